The van der Waals surface area contributed by atoms with Gasteiger partial charge in [0.25, 0.3) is 5.91 Å². The number of hydrogen-bond acceptors (Lipinski definition) is 3. The van der Waals surface area contributed by atoms with Crippen LogP contribution in [-0.2, 0) is 0 Å². The summed E-state index contributed by atoms with van der Waals surface area (Å²) >= 11 is 0. The fourth-order valence-corrected chi connectivity index (χ4v) is 4.03. The Bertz CT molecular complexity index is 1230. The van der Waals surface area contributed by atoms with Crippen LogP contribution in [0.3, 0.4) is 0 Å². The van der Waals surface area contributed by atoms with Gasteiger partial charge in [0.2, 0.25) is 0 Å². The van der Waals surface area contributed by atoms with Crippen LogP contribution in [0, 0.1) is 0 Å². The molecule has 148 valence electrons. The molecule has 30 heavy (non-hydrogen) atoms. The lowest BCUT2D eigenvalue weighted by molar-refractivity contribution is 0.0975. The second-order valence-corrected chi connectivity index (χ2v) is 7.79. The van der Waals surface area contributed by atoms with Gasteiger partial charge in [-0.1, -0.05) is 54.6 Å². The van der Waals surface area contributed by atoms with Gasteiger partial charge in [0.15, 0.2) is 0 Å². The van der Waals surface area contributed by atoms with Crippen LogP contribution in [-0.4, -0.2) is 20.0 Å². The highest BCUT2D eigenvalue weighted by molar-refractivity contribution is 6.12. The van der Waals surface area contributed by atoms with E-state index < -0.39 is 0 Å². The van der Waals surface area contributed by atoms with Gasteiger partial charge in [-0.2, -0.15) is 0 Å². The maximum absolute atomic E-state index is 13.6. The SMILES string of the molecule is CN(C)c1ccc([C@@H]2Nc3ccccc3C(=O)N2c2ccc3ccccc3c2)cc1. The summed E-state index contributed by atoms with van der Waals surface area (Å²) < 4.78 is 0. The molecule has 4 aromatic rings. The molecule has 0 saturated heterocycles. The molecule has 0 aromatic heterocycles. The molecule has 4 aromatic carbocycles. The van der Waals surface area contributed by atoms with Gasteiger partial charge in [-0.05, 0) is 52.7 Å². The van der Waals surface area contributed by atoms with Crippen molar-refractivity contribution in [2.75, 3.05) is 29.2 Å². The summed E-state index contributed by atoms with van der Waals surface area (Å²) in [5.74, 6) is 0.00122. The largest absolute Gasteiger partial charge is 0.378 e. The number of nitrogens with one attached hydrogen (secondary N) is 1. The van der Waals surface area contributed by atoms with Crippen molar-refractivity contribution in [2.45, 2.75) is 6.17 Å². The van der Waals surface area contributed by atoms with Crippen molar-refractivity contribution in [3.8, 4) is 0 Å². The summed E-state index contributed by atoms with van der Waals surface area (Å²) in [7, 11) is 4.05. The first-order chi connectivity index (χ1) is 14.6. The smallest absolute Gasteiger partial charge is 0.262 e. The molecule has 0 radical (unpaired) electrons. The molecule has 1 aliphatic rings. The number of anilines is 3. The molecular formula is C26H23N3O. The van der Waals surface area contributed by atoms with E-state index in [1.807, 2.05) is 61.5 Å². The van der Waals surface area contributed by atoms with Gasteiger partial charge < -0.3 is 10.2 Å². The number of hydrogen-bond donors (Lipinski definition) is 1. The van der Waals surface area contributed by atoms with Gasteiger partial charge in [-0.15, -0.1) is 0 Å². The average molecular weight is 393 g/mol. The average Bonchev–Trinajstić information content (AvgIpc) is 2.79. The Morgan fingerprint density at radius 1 is 0.800 bits per heavy atom. The Morgan fingerprint density at radius 3 is 2.27 bits per heavy atom. The van der Waals surface area contributed by atoms with Gasteiger partial charge in [-0.3, -0.25) is 9.69 Å². The van der Waals surface area contributed by atoms with Crippen LogP contribution >= 0.6 is 0 Å². The first kappa shape index (κ1) is 18.3. The van der Waals surface area contributed by atoms with Crippen LogP contribution in [0.15, 0.2) is 91.0 Å². The van der Waals surface area contributed by atoms with Crippen LogP contribution in [0.4, 0.5) is 17.1 Å². The van der Waals surface area contributed by atoms with Gasteiger partial charge >= 0.3 is 0 Å². The van der Waals surface area contributed by atoms with Crippen molar-refractivity contribution in [3.63, 3.8) is 0 Å². The second kappa shape index (κ2) is 7.23. The fourth-order valence-electron chi connectivity index (χ4n) is 4.03. The lowest BCUT2D eigenvalue weighted by Crippen LogP contribution is -2.43. The zero-order chi connectivity index (χ0) is 20.7. The minimum atomic E-state index is -0.287. The van der Waals surface area contributed by atoms with E-state index in [1.54, 1.807) is 0 Å². The van der Waals surface area contributed by atoms with E-state index in [0.29, 0.717) is 5.56 Å². The summed E-state index contributed by atoms with van der Waals surface area (Å²) in [5.41, 5.74) is 4.59. The van der Waals surface area contributed by atoms with Crippen molar-refractivity contribution < 1.29 is 4.79 Å². The first-order valence-electron chi connectivity index (χ1n) is 10.1. The van der Waals surface area contributed by atoms with Crippen LogP contribution in [0.25, 0.3) is 10.8 Å². The Morgan fingerprint density at radius 2 is 1.50 bits per heavy atom. The molecule has 1 amide bonds. The molecule has 4 nitrogen and oxygen atoms in total. The molecule has 1 N–H and O–H groups in total. The predicted octanol–water partition coefficient (Wildman–Crippen LogP) is 5.68. The zero-order valence-corrected chi connectivity index (χ0v) is 17.0. The highest BCUT2D eigenvalue weighted by Gasteiger charge is 2.34. The lowest BCUT2D eigenvalue weighted by atomic mass is 10.0. The van der Waals surface area contributed by atoms with E-state index in [2.05, 4.69) is 58.7 Å². The Hall–Kier alpha value is -3.79. The maximum atomic E-state index is 13.6. The number of benzene rings is 4. The zero-order valence-electron chi connectivity index (χ0n) is 17.0. The molecule has 1 heterocycles. The van der Waals surface area contributed by atoms with Crippen molar-refractivity contribution in [3.05, 3.63) is 102 Å². The molecule has 0 bridgehead atoms. The number of carbonyl (C=O) groups excluding carboxylic acids is 1. The van der Waals surface area contributed by atoms with Gasteiger partial charge in [0, 0.05) is 31.2 Å². The van der Waals surface area contributed by atoms with Crippen molar-refractivity contribution >= 4 is 33.7 Å². The third kappa shape index (κ3) is 3.07. The minimum Gasteiger partial charge on any atom is -0.378 e. The summed E-state index contributed by atoms with van der Waals surface area (Å²) in [6.45, 7) is 0. The van der Waals surface area contributed by atoms with Crippen molar-refractivity contribution in [1.82, 2.24) is 0 Å². The van der Waals surface area contributed by atoms with Crippen LogP contribution in [0.1, 0.15) is 22.1 Å². The first-order valence-corrected chi connectivity index (χ1v) is 10.1. The minimum absolute atomic E-state index is 0.00122. The van der Waals surface area contributed by atoms with E-state index >= 15 is 0 Å². The van der Waals surface area contributed by atoms with Gasteiger partial charge in [0.05, 0.1) is 5.56 Å². The number of para-hydroxylation sites is 1. The van der Waals surface area contributed by atoms with E-state index in [4.69, 9.17) is 0 Å². The third-order valence-corrected chi connectivity index (χ3v) is 5.66. The molecule has 0 saturated carbocycles. The number of rotatable bonds is 3. The maximum Gasteiger partial charge on any atom is 0.262 e. The van der Waals surface area contributed by atoms with E-state index in [1.165, 1.54) is 0 Å². The molecule has 1 atom stereocenters. The normalized spacial score (nSPS) is 15.6. The molecule has 1 aliphatic heterocycles. The molecule has 0 unspecified atom stereocenters. The summed E-state index contributed by atoms with van der Waals surface area (Å²) in [6, 6.07) is 30.4. The molecule has 0 fully saturated rings. The number of nitrogens with zero attached hydrogens (tertiary/aromatic N) is 2. The third-order valence-electron chi connectivity index (χ3n) is 5.66. The van der Waals surface area contributed by atoms with E-state index in [9.17, 15) is 4.79 Å². The molecule has 4 heteroatoms. The number of carbonyl (C=O) groups is 1. The monoisotopic (exact) mass is 393 g/mol. The standard InChI is InChI=1S/C26H23N3O/c1-28(2)21-14-12-19(13-15-21)25-27-24-10-6-5-9-23(24)26(30)29(25)22-16-11-18-7-3-4-8-20(18)17-22/h3-17,25,27H,1-2H3/t25-/m1/s1. The predicted molar refractivity (Wildman–Crippen MR) is 124 cm³/mol. The Kier molecular flexibility index (Phi) is 4.40. The quantitative estimate of drug-likeness (QED) is 0.487. The highest BCUT2D eigenvalue weighted by atomic mass is 16.2. The molecule has 0 aliphatic carbocycles. The molecule has 0 spiro atoms. The number of fused-ring (bicyclic) bond motifs is 2. The molecular weight excluding hydrogens is 370 g/mol. The Labute approximate surface area is 176 Å². The van der Waals surface area contributed by atoms with Gasteiger partial charge in [-0.25, -0.2) is 0 Å². The van der Waals surface area contributed by atoms with Crippen LogP contribution in [0.2, 0.25) is 0 Å². The second-order valence-electron chi connectivity index (χ2n) is 7.79. The Balaban J connectivity index is 1.64. The highest BCUT2D eigenvalue weighted by Crippen LogP contribution is 2.37. The van der Waals surface area contributed by atoms with Gasteiger partial charge in [0.1, 0.15) is 6.17 Å². The summed E-state index contributed by atoms with van der Waals surface area (Å²) in [4.78, 5) is 17.5. The topological polar surface area (TPSA) is 35.6 Å². The lowest BCUT2D eigenvalue weighted by Gasteiger charge is -2.38. The van der Waals surface area contributed by atoms with Crippen LogP contribution < -0.4 is 15.1 Å². The van der Waals surface area contributed by atoms with E-state index in [-0.39, 0.29) is 12.1 Å². The number of amides is 1. The summed E-state index contributed by atoms with van der Waals surface area (Å²) in [6.07, 6.45) is -0.287. The van der Waals surface area contributed by atoms with Crippen molar-refractivity contribution in [1.29, 1.82) is 0 Å². The van der Waals surface area contributed by atoms with Crippen LogP contribution in [0.5, 0.6) is 0 Å². The van der Waals surface area contributed by atoms with Crippen molar-refractivity contribution in [2.24, 2.45) is 0 Å². The fraction of sp³-hybridized carbons (Fsp3) is 0.115. The van der Waals surface area contributed by atoms with E-state index in [0.717, 1.165) is 33.4 Å². The molecule has 5 rings (SSSR count). The summed E-state index contributed by atoms with van der Waals surface area (Å²) in [5, 5.41) is 5.85.